The Morgan fingerprint density at radius 3 is 1.96 bits per heavy atom. The summed E-state index contributed by atoms with van der Waals surface area (Å²) >= 11 is 0. The summed E-state index contributed by atoms with van der Waals surface area (Å²) in [5.74, 6) is 1.75. The summed E-state index contributed by atoms with van der Waals surface area (Å²) in [7, 11) is 3.20. The molecule has 6 nitrogen and oxygen atoms in total. The molecule has 0 aromatic heterocycles. The smallest absolute Gasteiger partial charge is 0.277 e. The van der Waals surface area contributed by atoms with Crippen molar-refractivity contribution in [2.75, 3.05) is 20.8 Å². The maximum atomic E-state index is 11.8. The lowest BCUT2D eigenvalue weighted by Gasteiger charge is -2.07. The second kappa shape index (κ2) is 8.57. The van der Waals surface area contributed by atoms with E-state index < -0.39 is 0 Å². The Balaban J connectivity index is 1.84. The SMILES string of the molecule is COc1ccc(OCC(=O)N/N=C(\C)c2ccc(OC)cc2)cc1. The van der Waals surface area contributed by atoms with E-state index in [1.165, 1.54) is 0 Å². The molecule has 0 aliphatic rings. The Hall–Kier alpha value is -3.02. The van der Waals surface area contributed by atoms with E-state index in [1.807, 2.05) is 31.2 Å². The van der Waals surface area contributed by atoms with Gasteiger partial charge in [-0.25, -0.2) is 5.43 Å². The van der Waals surface area contributed by atoms with E-state index in [9.17, 15) is 4.79 Å². The van der Waals surface area contributed by atoms with Gasteiger partial charge in [-0.2, -0.15) is 5.10 Å². The molecule has 2 aromatic rings. The average Bonchev–Trinajstić information content (AvgIpc) is 2.64. The first-order chi connectivity index (χ1) is 11.6. The first-order valence-electron chi connectivity index (χ1n) is 7.37. The number of carbonyl (C=O) groups is 1. The topological polar surface area (TPSA) is 69.2 Å². The van der Waals surface area contributed by atoms with Gasteiger partial charge < -0.3 is 14.2 Å². The van der Waals surface area contributed by atoms with Crippen LogP contribution in [-0.2, 0) is 4.79 Å². The van der Waals surface area contributed by atoms with Crippen molar-refractivity contribution in [3.05, 3.63) is 54.1 Å². The molecule has 0 heterocycles. The van der Waals surface area contributed by atoms with Gasteiger partial charge in [-0.1, -0.05) is 0 Å². The highest BCUT2D eigenvalue weighted by Gasteiger charge is 2.03. The highest BCUT2D eigenvalue weighted by atomic mass is 16.5. The summed E-state index contributed by atoms with van der Waals surface area (Å²) in [6, 6.07) is 14.4. The zero-order chi connectivity index (χ0) is 17.4. The summed E-state index contributed by atoms with van der Waals surface area (Å²) in [6.45, 7) is 1.69. The summed E-state index contributed by atoms with van der Waals surface area (Å²) in [5, 5.41) is 4.07. The molecule has 126 valence electrons. The van der Waals surface area contributed by atoms with Crippen LogP contribution >= 0.6 is 0 Å². The van der Waals surface area contributed by atoms with Crippen LogP contribution in [-0.4, -0.2) is 32.4 Å². The predicted molar refractivity (Wildman–Crippen MR) is 91.8 cm³/mol. The molecular formula is C18H20N2O4. The van der Waals surface area contributed by atoms with Crippen molar-refractivity contribution in [2.24, 2.45) is 5.10 Å². The third-order valence-electron chi connectivity index (χ3n) is 3.29. The lowest BCUT2D eigenvalue weighted by Crippen LogP contribution is -2.25. The number of benzene rings is 2. The monoisotopic (exact) mass is 328 g/mol. The fourth-order valence-corrected chi connectivity index (χ4v) is 1.90. The standard InChI is InChI=1S/C18H20N2O4/c1-13(14-4-6-15(22-2)7-5-14)19-20-18(21)12-24-17-10-8-16(23-3)9-11-17/h4-11H,12H2,1-3H3,(H,20,21)/b19-13+. The lowest BCUT2D eigenvalue weighted by molar-refractivity contribution is -0.123. The number of ether oxygens (including phenoxy) is 3. The lowest BCUT2D eigenvalue weighted by atomic mass is 10.1. The minimum Gasteiger partial charge on any atom is -0.497 e. The van der Waals surface area contributed by atoms with Gasteiger partial charge in [-0.05, 0) is 61.0 Å². The maximum Gasteiger partial charge on any atom is 0.277 e. The van der Waals surface area contributed by atoms with Gasteiger partial charge in [0.2, 0.25) is 0 Å². The van der Waals surface area contributed by atoms with Crippen molar-refractivity contribution in [3.8, 4) is 17.2 Å². The minimum absolute atomic E-state index is 0.119. The van der Waals surface area contributed by atoms with Crippen molar-refractivity contribution in [1.82, 2.24) is 5.43 Å². The highest BCUT2D eigenvalue weighted by molar-refractivity contribution is 5.99. The Labute approximate surface area is 141 Å². The van der Waals surface area contributed by atoms with Crippen molar-refractivity contribution in [3.63, 3.8) is 0 Å². The van der Waals surface area contributed by atoms with Crippen LogP contribution in [0.1, 0.15) is 12.5 Å². The van der Waals surface area contributed by atoms with Gasteiger partial charge in [-0.15, -0.1) is 0 Å². The number of carbonyl (C=O) groups excluding carboxylic acids is 1. The van der Waals surface area contributed by atoms with E-state index >= 15 is 0 Å². The summed E-state index contributed by atoms with van der Waals surface area (Å²) in [4.78, 5) is 11.8. The molecule has 0 fully saturated rings. The number of methoxy groups -OCH3 is 2. The van der Waals surface area contributed by atoms with Crippen LogP contribution in [0.25, 0.3) is 0 Å². The van der Waals surface area contributed by atoms with E-state index in [4.69, 9.17) is 14.2 Å². The average molecular weight is 328 g/mol. The highest BCUT2D eigenvalue weighted by Crippen LogP contribution is 2.16. The number of nitrogens with one attached hydrogen (secondary N) is 1. The molecule has 0 aliphatic heterocycles. The van der Waals surface area contributed by atoms with Crippen molar-refractivity contribution in [1.29, 1.82) is 0 Å². The molecule has 0 atom stereocenters. The van der Waals surface area contributed by atoms with E-state index in [2.05, 4.69) is 10.5 Å². The van der Waals surface area contributed by atoms with Crippen LogP contribution in [0.5, 0.6) is 17.2 Å². The molecule has 0 spiro atoms. The quantitative estimate of drug-likeness (QED) is 0.626. The molecule has 0 radical (unpaired) electrons. The molecule has 2 rings (SSSR count). The van der Waals surface area contributed by atoms with E-state index in [-0.39, 0.29) is 12.5 Å². The summed E-state index contributed by atoms with van der Waals surface area (Å²) < 4.78 is 15.5. The Bertz CT molecular complexity index is 694. The van der Waals surface area contributed by atoms with Gasteiger partial charge in [-0.3, -0.25) is 4.79 Å². The molecule has 0 saturated heterocycles. The molecule has 1 N–H and O–H groups in total. The van der Waals surface area contributed by atoms with Crippen LogP contribution in [0.4, 0.5) is 0 Å². The first kappa shape index (κ1) is 17.3. The minimum atomic E-state index is -0.335. The fraction of sp³-hybridized carbons (Fsp3) is 0.222. The normalized spacial score (nSPS) is 10.9. The van der Waals surface area contributed by atoms with Crippen LogP contribution in [0.3, 0.4) is 0 Å². The number of rotatable bonds is 7. The number of amides is 1. The van der Waals surface area contributed by atoms with Gasteiger partial charge in [0.15, 0.2) is 6.61 Å². The third-order valence-corrected chi connectivity index (χ3v) is 3.29. The van der Waals surface area contributed by atoms with Gasteiger partial charge in [0.1, 0.15) is 17.2 Å². The Morgan fingerprint density at radius 1 is 0.917 bits per heavy atom. The number of hydrazone groups is 1. The first-order valence-corrected chi connectivity index (χ1v) is 7.37. The zero-order valence-electron chi connectivity index (χ0n) is 13.9. The van der Waals surface area contributed by atoms with E-state index in [0.717, 1.165) is 17.1 Å². The zero-order valence-corrected chi connectivity index (χ0v) is 13.9. The molecule has 6 heteroatoms. The molecule has 0 unspecified atom stereocenters. The van der Waals surface area contributed by atoms with E-state index in [1.54, 1.807) is 38.5 Å². The third kappa shape index (κ3) is 5.01. The largest absolute Gasteiger partial charge is 0.497 e. The van der Waals surface area contributed by atoms with Gasteiger partial charge in [0.05, 0.1) is 19.9 Å². The molecule has 24 heavy (non-hydrogen) atoms. The Morgan fingerprint density at radius 2 is 1.42 bits per heavy atom. The number of nitrogens with zero attached hydrogens (tertiary/aromatic N) is 1. The molecule has 0 saturated carbocycles. The predicted octanol–water partition coefficient (Wildman–Crippen LogP) is 2.62. The maximum absolute atomic E-state index is 11.8. The molecule has 2 aromatic carbocycles. The molecule has 0 bridgehead atoms. The van der Waals surface area contributed by atoms with Crippen LogP contribution in [0.2, 0.25) is 0 Å². The Kier molecular flexibility index (Phi) is 6.19. The van der Waals surface area contributed by atoms with Crippen molar-refractivity contribution in [2.45, 2.75) is 6.92 Å². The van der Waals surface area contributed by atoms with Crippen molar-refractivity contribution >= 4 is 11.6 Å². The number of hydrogen-bond acceptors (Lipinski definition) is 5. The second-order valence-electron chi connectivity index (χ2n) is 4.92. The molecule has 0 aliphatic carbocycles. The van der Waals surface area contributed by atoms with Crippen LogP contribution in [0.15, 0.2) is 53.6 Å². The fourth-order valence-electron chi connectivity index (χ4n) is 1.90. The van der Waals surface area contributed by atoms with Crippen LogP contribution < -0.4 is 19.6 Å². The van der Waals surface area contributed by atoms with E-state index in [0.29, 0.717) is 11.5 Å². The van der Waals surface area contributed by atoms with Gasteiger partial charge >= 0.3 is 0 Å². The summed E-state index contributed by atoms with van der Waals surface area (Å²) in [5.41, 5.74) is 4.06. The van der Waals surface area contributed by atoms with Gasteiger partial charge in [0.25, 0.3) is 5.91 Å². The summed E-state index contributed by atoms with van der Waals surface area (Å²) in [6.07, 6.45) is 0. The number of hydrogen-bond donors (Lipinski definition) is 1. The van der Waals surface area contributed by atoms with Crippen LogP contribution in [0, 0.1) is 0 Å². The van der Waals surface area contributed by atoms with Gasteiger partial charge in [0, 0.05) is 0 Å². The second-order valence-corrected chi connectivity index (χ2v) is 4.92. The molecular weight excluding hydrogens is 308 g/mol. The molecule has 1 amide bonds. The van der Waals surface area contributed by atoms with Crippen molar-refractivity contribution < 1.29 is 19.0 Å².